The topological polar surface area (TPSA) is 50.8 Å². The summed E-state index contributed by atoms with van der Waals surface area (Å²) in [4.78, 5) is 14.8. The molecule has 1 unspecified atom stereocenters. The molecule has 3 heterocycles. The molecule has 0 aromatic heterocycles. The normalized spacial score (nSPS) is 39.0. The van der Waals surface area contributed by atoms with Crippen LogP contribution in [0, 0.1) is 5.41 Å². The van der Waals surface area contributed by atoms with Crippen molar-refractivity contribution in [1.29, 1.82) is 0 Å². The molecule has 0 radical (unpaired) electrons. The molecule has 5 nitrogen and oxygen atoms in total. The molecular weight excluding hydrogens is 256 g/mol. The van der Waals surface area contributed by atoms with Gasteiger partial charge in [0.05, 0.1) is 19.3 Å². The van der Waals surface area contributed by atoms with Gasteiger partial charge in [-0.3, -0.25) is 4.79 Å². The van der Waals surface area contributed by atoms with E-state index in [-0.39, 0.29) is 23.5 Å². The van der Waals surface area contributed by atoms with Gasteiger partial charge in [-0.15, -0.1) is 0 Å². The van der Waals surface area contributed by atoms with Crippen LogP contribution in [0.15, 0.2) is 0 Å². The first-order chi connectivity index (χ1) is 9.70. The number of carbonyl (C=O) groups excluding carboxylic acids is 1. The smallest absolute Gasteiger partial charge is 0.242 e. The average molecular weight is 282 g/mol. The summed E-state index contributed by atoms with van der Waals surface area (Å²) in [7, 11) is 0. The number of ether oxygens (including phenoxy) is 2. The molecule has 0 aliphatic carbocycles. The highest BCUT2D eigenvalue weighted by molar-refractivity contribution is 5.82. The Kier molecular flexibility index (Phi) is 4.29. The van der Waals surface area contributed by atoms with Crippen LogP contribution in [-0.2, 0) is 14.3 Å². The molecule has 3 saturated heterocycles. The SMILES string of the molecule is C[C@H]1OCCN[C@@H]1C(=O)N1CCCC2(CCCOC2)C1. The molecule has 114 valence electrons. The highest BCUT2D eigenvalue weighted by Crippen LogP contribution is 2.37. The lowest BCUT2D eigenvalue weighted by Crippen LogP contribution is -2.59. The summed E-state index contributed by atoms with van der Waals surface area (Å²) in [5.41, 5.74) is 0.213. The Hall–Kier alpha value is -0.650. The number of hydrogen-bond donors (Lipinski definition) is 1. The van der Waals surface area contributed by atoms with E-state index >= 15 is 0 Å². The summed E-state index contributed by atoms with van der Waals surface area (Å²) in [6, 6.07) is -0.177. The summed E-state index contributed by atoms with van der Waals surface area (Å²) in [6.45, 7) is 6.89. The third-order valence-corrected chi connectivity index (χ3v) is 4.96. The van der Waals surface area contributed by atoms with Crippen LogP contribution in [0.2, 0.25) is 0 Å². The largest absolute Gasteiger partial charge is 0.381 e. The van der Waals surface area contributed by atoms with Gasteiger partial charge in [-0.25, -0.2) is 0 Å². The number of hydrogen-bond acceptors (Lipinski definition) is 4. The van der Waals surface area contributed by atoms with Crippen molar-refractivity contribution in [2.45, 2.75) is 44.8 Å². The highest BCUT2D eigenvalue weighted by atomic mass is 16.5. The predicted octanol–water partition coefficient (Wildman–Crippen LogP) is 0.782. The van der Waals surface area contributed by atoms with Crippen molar-refractivity contribution in [2.75, 3.05) is 39.5 Å². The predicted molar refractivity (Wildman–Crippen MR) is 75.5 cm³/mol. The van der Waals surface area contributed by atoms with Gasteiger partial charge in [0.25, 0.3) is 0 Å². The zero-order valence-corrected chi connectivity index (χ0v) is 12.4. The molecule has 3 fully saturated rings. The van der Waals surface area contributed by atoms with Crippen LogP contribution >= 0.6 is 0 Å². The number of likely N-dealkylation sites (tertiary alicyclic amines) is 1. The Labute approximate surface area is 121 Å². The lowest BCUT2D eigenvalue weighted by Gasteiger charge is -2.46. The molecule has 3 rings (SSSR count). The molecule has 3 aliphatic rings. The lowest BCUT2D eigenvalue weighted by molar-refractivity contribution is -0.146. The first kappa shape index (κ1) is 14.3. The Balaban J connectivity index is 1.65. The van der Waals surface area contributed by atoms with Crippen molar-refractivity contribution < 1.29 is 14.3 Å². The van der Waals surface area contributed by atoms with E-state index in [1.54, 1.807) is 0 Å². The van der Waals surface area contributed by atoms with Crippen molar-refractivity contribution in [3.63, 3.8) is 0 Å². The van der Waals surface area contributed by atoms with E-state index in [4.69, 9.17) is 9.47 Å². The van der Waals surface area contributed by atoms with E-state index in [1.807, 2.05) is 11.8 Å². The third-order valence-electron chi connectivity index (χ3n) is 4.96. The Morgan fingerprint density at radius 1 is 1.30 bits per heavy atom. The van der Waals surface area contributed by atoms with Gasteiger partial charge in [-0.1, -0.05) is 0 Å². The van der Waals surface area contributed by atoms with E-state index in [9.17, 15) is 4.79 Å². The van der Waals surface area contributed by atoms with Crippen molar-refractivity contribution in [2.24, 2.45) is 5.41 Å². The third kappa shape index (κ3) is 2.85. The summed E-state index contributed by atoms with van der Waals surface area (Å²) in [5.74, 6) is 0.210. The van der Waals surface area contributed by atoms with E-state index in [1.165, 1.54) is 12.8 Å². The summed E-state index contributed by atoms with van der Waals surface area (Å²) >= 11 is 0. The Bertz CT molecular complexity index is 350. The van der Waals surface area contributed by atoms with Crippen LogP contribution in [0.25, 0.3) is 0 Å². The lowest BCUT2D eigenvalue weighted by atomic mass is 9.75. The minimum Gasteiger partial charge on any atom is -0.381 e. The van der Waals surface area contributed by atoms with Crippen LogP contribution in [0.5, 0.6) is 0 Å². The molecule has 1 amide bonds. The van der Waals surface area contributed by atoms with Gasteiger partial charge < -0.3 is 19.7 Å². The number of nitrogens with one attached hydrogen (secondary N) is 1. The number of carbonyl (C=O) groups is 1. The molecule has 0 aromatic carbocycles. The van der Waals surface area contributed by atoms with Crippen LogP contribution < -0.4 is 5.32 Å². The summed E-state index contributed by atoms with van der Waals surface area (Å²) < 4.78 is 11.3. The van der Waals surface area contributed by atoms with Gasteiger partial charge in [-0.2, -0.15) is 0 Å². The number of piperidine rings is 1. The first-order valence-electron chi connectivity index (χ1n) is 7.92. The van der Waals surface area contributed by atoms with Gasteiger partial charge in [0.1, 0.15) is 6.04 Å². The van der Waals surface area contributed by atoms with Gasteiger partial charge >= 0.3 is 0 Å². The molecule has 1 N–H and O–H groups in total. The molecule has 3 aliphatic heterocycles. The second-order valence-corrected chi connectivity index (χ2v) is 6.53. The standard InChI is InChI=1S/C15H26N2O3/c1-12-13(16-6-9-20-12)14(18)17-7-2-4-15(10-17)5-3-8-19-11-15/h12-13,16H,2-11H2,1H3/t12-,13+,15?/m1/s1. The maximum atomic E-state index is 12.7. The minimum atomic E-state index is -0.177. The maximum Gasteiger partial charge on any atom is 0.242 e. The molecule has 3 atom stereocenters. The molecular formula is C15H26N2O3. The number of rotatable bonds is 1. The molecule has 0 bridgehead atoms. The van der Waals surface area contributed by atoms with Gasteiger partial charge in [0.15, 0.2) is 0 Å². The molecule has 0 aromatic rings. The monoisotopic (exact) mass is 282 g/mol. The van der Waals surface area contributed by atoms with E-state index < -0.39 is 0 Å². The molecule has 0 saturated carbocycles. The number of morpholine rings is 1. The number of amides is 1. The maximum absolute atomic E-state index is 12.7. The molecule has 5 heteroatoms. The number of nitrogens with zero attached hydrogens (tertiary/aromatic N) is 1. The zero-order valence-electron chi connectivity index (χ0n) is 12.4. The second-order valence-electron chi connectivity index (χ2n) is 6.53. The van der Waals surface area contributed by atoms with E-state index in [2.05, 4.69) is 5.32 Å². The van der Waals surface area contributed by atoms with Crippen molar-refractivity contribution >= 4 is 5.91 Å². The fraction of sp³-hybridized carbons (Fsp3) is 0.933. The van der Waals surface area contributed by atoms with Crippen LogP contribution in [0.1, 0.15) is 32.6 Å². The van der Waals surface area contributed by atoms with E-state index in [0.717, 1.165) is 45.7 Å². The van der Waals surface area contributed by atoms with E-state index in [0.29, 0.717) is 6.61 Å². The van der Waals surface area contributed by atoms with Crippen molar-refractivity contribution in [3.8, 4) is 0 Å². The van der Waals surface area contributed by atoms with Gasteiger partial charge in [-0.05, 0) is 32.6 Å². The molecule has 20 heavy (non-hydrogen) atoms. The highest BCUT2D eigenvalue weighted by Gasteiger charge is 2.41. The minimum absolute atomic E-state index is 0.0308. The fourth-order valence-electron chi connectivity index (χ4n) is 3.83. The van der Waals surface area contributed by atoms with Crippen LogP contribution in [0.4, 0.5) is 0 Å². The van der Waals surface area contributed by atoms with Gasteiger partial charge in [0, 0.05) is 31.7 Å². The average Bonchev–Trinajstić information content (AvgIpc) is 2.48. The van der Waals surface area contributed by atoms with Crippen molar-refractivity contribution in [1.82, 2.24) is 10.2 Å². The Morgan fingerprint density at radius 2 is 2.15 bits per heavy atom. The summed E-state index contributed by atoms with van der Waals surface area (Å²) in [5, 5.41) is 3.31. The molecule has 1 spiro atoms. The zero-order chi connectivity index (χ0) is 14.0. The Morgan fingerprint density at radius 3 is 2.90 bits per heavy atom. The fourth-order valence-corrected chi connectivity index (χ4v) is 3.83. The first-order valence-corrected chi connectivity index (χ1v) is 7.92. The van der Waals surface area contributed by atoms with Gasteiger partial charge in [0.2, 0.25) is 5.91 Å². The van der Waals surface area contributed by atoms with Crippen LogP contribution in [-0.4, -0.2) is 62.4 Å². The van der Waals surface area contributed by atoms with Crippen LogP contribution in [0.3, 0.4) is 0 Å². The second kappa shape index (κ2) is 6.00. The van der Waals surface area contributed by atoms with Crippen molar-refractivity contribution in [3.05, 3.63) is 0 Å². The quantitative estimate of drug-likeness (QED) is 0.772. The summed E-state index contributed by atoms with van der Waals surface area (Å²) in [6.07, 6.45) is 4.58.